The van der Waals surface area contributed by atoms with Crippen molar-refractivity contribution in [3.8, 4) is 0 Å². The summed E-state index contributed by atoms with van der Waals surface area (Å²) >= 11 is 0. The van der Waals surface area contributed by atoms with Crippen LogP contribution in [0.15, 0.2) is 0 Å². The van der Waals surface area contributed by atoms with Gasteiger partial charge in [0.05, 0.1) is 0 Å². The van der Waals surface area contributed by atoms with Gasteiger partial charge in [0.25, 0.3) is 0 Å². The average Bonchev–Trinajstić information content (AvgIpc) is 1.86. The lowest BCUT2D eigenvalue weighted by molar-refractivity contribution is -0.0678. The second-order valence-corrected chi connectivity index (χ2v) is 1.66. The SMILES string of the molecule is Cl.ON1CCCC1. The molecule has 0 saturated carbocycles. The van der Waals surface area contributed by atoms with E-state index in [0.29, 0.717) is 0 Å². The van der Waals surface area contributed by atoms with Crippen molar-refractivity contribution in [1.29, 1.82) is 0 Å². The minimum absolute atomic E-state index is 0. The van der Waals surface area contributed by atoms with Gasteiger partial charge in [0, 0.05) is 13.1 Å². The molecule has 44 valence electrons. The maximum Gasteiger partial charge on any atom is 0.0238 e. The first-order chi connectivity index (χ1) is 2.89. The van der Waals surface area contributed by atoms with Crippen LogP contribution in [0.5, 0.6) is 0 Å². The average molecular weight is 124 g/mol. The molecule has 2 nitrogen and oxygen atoms in total. The summed E-state index contributed by atoms with van der Waals surface area (Å²) in [5.41, 5.74) is 0. The number of hydroxylamine groups is 2. The Labute approximate surface area is 49.5 Å². The van der Waals surface area contributed by atoms with Crippen molar-refractivity contribution < 1.29 is 5.21 Å². The van der Waals surface area contributed by atoms with Gasteiger partial charge in [-0.1, -0.05) is 0 Å². The summed E-state index contributed by atoms with van der Waals surface area (Å²) in [5.74, 6) is 0. The number of halogens is 1. The van der Waals surface area contributed by atoms with Crippen LogP contribution in [0.3, 0.4) is 0 Å². The molecule has 0 aromatic carbocycles. The van der Waals surface area contributed by atoms with Gasteiger partial charge >= 0.3 is 0 Å². The van der Waals surface area contributed by atoms with Crippen LogP contribution < -0.4 is 0 Å². The molecule has 1 aliphatic heterocycles. The minimum atomic E-state index is 0. The Morgan fingerprint density at radius 1 is 1.14 bits per heavy atom. The summed E-state index contributed by atoms with van der Waals surface area (Å²) in [4.78, 5) is 0. The fourth-order valence-electron chi connectivity index (χ4n) is 0.700. The highest BCUT2D eigenvalue weighted by molar-refractivity contribution is 5.85. The molecule has 1 heterocycles. The molecule has 0 unspecified atom stereocenters. The maximum absolute atomic E-state index is 8.56. The summed E-state index contributed by atoms with van der Waals surface area (Å²) in [7, 11) is 0. The van der Waals surface area contributed by atoms with Crippen molar-refractivity contribution >= 4 is 12.4 Å². The van der Waals surface area contributed by atoms with Gasteiger partial charge in [-0.3, -0.25) is 0 Å². The van der Waals surface area contributed by atoms with Crippen LogP contribution in [-0.2, 0) is 0 Å². The Morgan fingerprint density at radius 3 is 1.71 bits per heavy atom. The zero-order chi connectivity index (χ0) is 4.41. The highest BCUT2D eigenvalue weighted by Gasteiger charge is 2.05. The third kappa shape index (κ3) is 2.12. The molecule has 0 atom stereocenters. The second kappa shape index (κ2) is 3.24. The molecule has 0 amide bonds. The standard InChI is InChI=1S/C4H9NO.ClH/c6-5-3-1-2-4-5;/h6H,1-4H2;1H. The lowest BCUT2D eigenvalue weighted by Gasteiger charge is -1.99. The smallest absolute Gasteiger partial charge is 0.0238 e. The highest BCUT2D eigenvalue weighted by Crippen LogP contribution is 2.01. The molecule has 0 bridgehead atoms. The molecular weight excluding hydrogens is 114 g/mol. The fourth-order valence-corrected chi connectivity index (χ4v) is 0.700. The van der Waals surface area contributed by atoms with Crippen molar-refractivity contribution in [2.75, 3.05) is 13.1 Å². The van der Waals surface area contributed by atoms with Crippen molar-refractivity contribution in [2.24, 2.45) is 0 Å². The van der Waals surface area contributed by atoms with Crippen LogP contribution in [0.2, 0.25) is 0 Å². The Balaban J connectivity index is 0.000000360. The largest absolute Gasteiger partial charge is 0.314 e. The fraction of sp³-hybridized carbons (Fsp3) is 1.00. The van der Waals surface area contributed by atoms with E-state index in [9.17, 15) is 0 Å². The Kier molecular flexibility index (Phi) is 3.34. The Bertz CT molecular complexity index is 45.0. The molecule has 7 heavy (non-hydrogen) atoms. The molecular formula is C4H10ClNO. The molecule has 0 radical (unpaired) electrons. The van der Waals surface area contributed by atoms with Gasteiger partial charge in [-0.05, 0) is 12.8 Å². The first-order valence-corrected chi connectivity index (χ1v) is 2.33. The minimum Gasteiger partial charge on any atom is -0.314 e. The second-order valence-electron chi connectivity index (χ2n) is 1.66. The number of hydrogen-bond acceptors (Lipinski definition) is 2. The molecule has 0 aliphatic carbocycles. The zero-order valence-corrected chi connectivity index (χ0v) is 4.95. The van der Waals surface area contributed by atoms with Gasteiger partial charge in [0.15, 0.2) is 0 Å². The van der Waals surface area contributed by atoms with Crippen molar-refractivity contribution in [3.63, 3.8) is 0 Å². The third-order valence-corrected chi connectivity index (χ3v) is 1.08. The van der Waals surface area contributed by atoms with Gasteiger partial charge < -0.3 is 5.21 Å². The first-order valence-electron chi connectivity index (χ1n) is 2.33. The summed E-state index contributed by atoms with van der Waals surface area (Å²) in [5, 5.41) is 9.92. The Hall–Kier alpha value is 0.210. The summed E-state index contributed by atoms with van der Waals surface area (Å²) in [6.45, 7) is 1.75. The van der Waals surface area contributed by atoms with Crippen molar-refractivity contribution in [1.82, 2.24) is 5.06 Å². The molecule has 0 aromatic rings. The van der Waals surface area contributed by atoms with E-state index in [1.807, 2.05) is 0 Å². The third-order valence-electron chi connectivity index (χ3n) is 1.08. The van der Waals surface area contributed by atoms with Gasteiger partial charge in [0.1, 0.15) is 0 Å². The first kappa shape index (κ1) is 7.21. The highest BCUT2D eigenvalue weighted by atomic mass is 35.5. The predicted octanol–water partition coefficient (Wildman–Crippen LogP) is 0.893. The normalized spacial score (nSPS) is 21.9. The van der Waals surface area contributed by atoms with Crippen molar-refractivity contribution in [3.05, 3.63) is 0 Å². The van der Waals surface area contributed by atoms with Gasteiger partial charge in [-0.25, -0.2) is 0 Å². The van der Waals surface area contributed by atoms with E-state index in [1.54, 1.807) is 0 Å². The van der Waals surface area contributed by atoms with Gasteiger partial charge in [-0.2, -0.15) is 5.06 Å². The number of rotatable bonds is 0. The maximum atomic E-state index is 8.56. The summed E-state index contributed by atoms with van der Waals surface area (Å²) in [6, 6.07) is 0. The molecule has 3 heteroatoms. The molecule has 0 spiro atoms. The van der Waals surface area contributed by atoms with Crippen LogP contribution in [0.25, 0.3) is 0 Å². The molecule has 1 aliphatic rings. The zero-order valence-electron chi connectivity index (χ0n) is 4.13. The summed E-state index contributed by atoms with van der Waals surface area (Å²) in [6.07, 6.45) is 2.33. The monoisotopic (exact) mass is 123 g/mol. The lowest BCUT2D eigenvalue weighted by Crippen LogP contribution is -2.11. The lowest BCUT2D eigenvalue weighted by atomic mass is 10.4. The van der Waals surface area contributed by atoms with Crippen LogP contribution in [0, 0.1) is 0 Å². The summed E-state index contributed by atoms with van der Waals surface area (Å²) < 4.78 is 0. The molecule has 1 N–H and O–H groups in total. The number of hydrogen-bond donors (Lipinski definition) is 1. The van der Waals surface area contributed by atoms with Crippen LogP contribution in [0.4, 0.5) is 0 Å². The molecule has 1 fully saturated rings. The van der Waals surface area contributed by atoms with Gasteiger partial charge in [0.2, 0.25) is 0 Å². The van der Waals surface area contributed by atoms with E-state index in [2.05, 4.69) is 0 Å². The topological polar surface area (TPSA) is 23.5 Å². The van der Waals surface area contributed by atoms with Crippen LogP contribution in [-0.4, -0.2) is 23.4 Å². The Morgan fingerprint density at radius 2 is 1.57 bits per heavy atom. The van der Waals surface area contributed by atoms with E-state index >= 15 is 0 Å². The van der Waals surface area contributed by atoms with E-state index in [4.69, 9.17) is 5.21 Å². The van der Waals surface area contributed by atoms with E-state index in [1.165, 1.54) is 5.06 Å². The predicted molar refractivity (Wildman–Crippen MR) is 29.8 cm³/mol. The van der Waals surface area contributed by atoms with Crippen LogP contribution >= 0.6 is 12.4 Å². The molecule has 0 aromatic heterocycles. The molecule has 1 saturated heterocycles. The van der Waals surface area contributed by atoms with Crippen LogP contribution in [0.1, 0.15) is 12.8 Å². The van der Waals surface area contributed by atoms with E-state index < -0.39 is 0 Å². The van der Waals surface area contributed by atoms with Gasteiger partial charge in [-0.15, -0.1) is 12.4 Å². The van der Waals surface area contributed by atoms with Crippen molar-refractivity contribution in [2.45, 2.75) is 12.8 Å². The molecule has 1 rings (SSSR count). The van der Waals surface area contributed by atoms with E-state index in [-0.39, 0.29) is 12.4 Å². The number of nitrogens with zero attached hydrogens (tertiary/aromatic N) is 1. The van der Waals surface area contributed by atoms with E-state index in [0.717, 1.165) is 25.9 Å². The quantitative estimate of drug-likeness (QED) is 0.517.